The zero-order chi connectivity index (χ0) is 19.2. The standard InChI is InChI=1S/C21H17ClN2O3/c1-25-16-6-7-19-17(13-16)18(22)12-15(24-19)5-3-14-4-8-20(27-10-9-23)21(11-14)26-2/h3-8,11-13H,10H2,1-2H3/b5-3+. The maximum absolute atomic E-state index is 8.63. The van der Waals surface area contributed by atoms with Crippen LogP contribution in [0.5, 0.6) is 17.2 Å². The quantitative estimate of drug-likeness (QED) is 0.603. The van der Waals surface area contributed by atoms with Gasteiger partial charge in [-0.3, -0.25) is 0 Å². The lowest BCUT2D eigenvalue weighted by atomic mass is 10.1. The van der Waals surface area contributed by atoms with Gasteiger partial charge in [0.2, 0.25) is 0 Å². The molecule has 0 radical (unpaired) electrons. The number of rotatable bonds is 6. The lowest BCUT2D eigenvalue weighted by Gasteiger charge is -2.09. The molecule has 0 N–H and O–H groups in total. The first-order valence-electron chi connectivity index (χ1n) is 8.15. The number of hydrogen-bond acceptors (Lipinski definition) is 5. The molecule has 6 heteroatoms. The van der Waals surface area contributed by atoms with E-state index in [0.717, 1.165) is 27.9 Å². The first kappa shape index (κ1) is 18.6. The highest BCUT2D eigenvalue weighted by Crippen LogP contribution is 2.30. The molecule has 0 atom stereocenters. The number of benzene rings is 2. The number of nitrogens with zero attached hydrogens (tertiary/aromatic N) is 2. The third-order valence-corrected chi connectivity index (χ3v) is 4.22. The Morgan fingerprint density at radius 1 is 1.04 bits per heavy atom. The number of fused-ring (bicyclic) bond motifs is 1. The van der Waals surface area contributed by atoms with E-state index in [0.29, 0.717) is 16.5 Å². The van der Waals surface area contributed by atoms with Crippen molar-refractivity contribution in [2.24, 2.45) is 0 Å². The van der Waals surface area contributed by atoms with Crippen molar-refractivity contribution >= 4 is 34.7 Å². The van der Waals surface area contributed by atoms with Gasteiger partial charge in [0.15, 0.2) is 18.1 Å². The summed E-state index contributed by atoms with van der Waals surface area (Å²) in [4.78, 5) is 4.61. The minimum atomic E-state index is -0.0319. The fourth-order valence-corrected chi connectivity index (χ4v) is 2.86. The Bertz CT molecular complexity index is 1040. The van der Waals surface area contributed by atoms with Gasteiger partial charge < -0.3 is 14.2 Å². The average Bonchev–Trinajstić information content (AvgIpc) is 2.70. The Hall–Kier alpha value is -3.23. The molecule has 0 saturated carbocycles. The predicted octanol–water partition coefficient (Wildman–Crippen LogP) is 4.98. The molecule has 136 valence electrons. The molecule has 3 aromatic rings. The second kappa shape index (κ2) is 8.43. The molecule has 0 aliphatic rings. The zero-order valence-corrected chi connectivity index (χ0v) is 15.7. The van der Waals surface area contributed by atoms with E-state index in [9.17, 15) is 0 Å². The Labute approximate surface area is 162 Å². The van der Waals surface area contributed by atoms with Gasteiger partial charge in [0, 0.05) is 5.39 Å². The van der Waals surface area contributed by atoms with Gasteiger partial charge in [0.1, 0.15) is 11.8 Å². The molecule has 0 spiro atoms. The monoisotopic (exact) mass is 380 g/mol. The number of methoxy groups -OCH3 is 2. The Balaban J connectivity index is 1.88. The van der Waals surface area contributed by atoms with Crippen molar-refractivity contribution in [2.75, 3.05) is 20.8 Å². The number of halogens is 1. The molecule has 1 aromatic heterocycles. The number of hydrogen-bond donors (Lipinski definition) is 0. The molecule has 0 saturated heterocycles. The summed E-state index contributed by atoms with van der Waals surface area (Å²) in [6.45, 7) is -0.0319. The highest BCUT2D eigenvalue weighted by atomic mass is 35.5. The van der Waals surface area contributed by atoms with Crippen LogP contribution in [-0.2, 0) is 0 Å². The third kappa shape index (κ3) is 4.30. The highest BCUT2D eigenvalue weighted by molar-refractivity contribution is 6.35. The van der Waals surface area contributed by atoms with Gasteiger partial charge in [-0.2, -0.15) is 5.26 Å². The summed E-state index contributed by atoms with van der Waals surface area (Å²) in [6.07, 6.45) is 3.78. The molecule has 0 bridgehead atoms. The molecule has 0 fully saturated rings. The molecule has 1 heterocycles. The van der Waals surface area contributed by atoms with Crippen LogP contribution in [0, 0.1) is 11.3 Å². The van der Waals surface area contributed by atoms with E-state index in [1.807, 2.05) is 54.6 Å². The van der Waals surface area contributed by atoms with E-state index in [1.165, 1.54) is 0 Å². The fourth-order valence-electron chi connectivity index (χ4n) is 2.59. The molecule has 0 aliphatic heterocycles. The first-order valence-corrected chi connectivity index (χ1v) is 8.52. The van der Waals surface area contributed by atoms with Crippen molar-refractivity contribution in [1.29, 1.82) is 5.26 Å². The van der Waals surface area contributed by atoms with E-state index in [-0.39, 0.29) is 6.61 Å². The molecule has 0 unspecified atom stereocenters. The summed E-state index contributed by atoms with van der Waals surface area (Å²) in [5.41, 5.74) is 2.44. The van der Waals surface area contributed by atoms with E-state index in [1.54, 1.807) is 20.3 Å². The molecule has 3 rings (SSSR count). The van der Waals surface area contributed by atoms with Crippen molar-refractivity contribution in [3.8, 4) is 23.3 Å². The maximum atomic E-state index is 8.63. The average molecular weight is 381 g/mol. The van der Waals surface area contributed by atoms with Gasteiger partial charge in [0.05, 0.1) is 30.5 Å². The van der Waals surface area contributed by atoms with Crippen LogP contribution >= 0.6 is 11.6 Å². The predicted molar refractivity (Wildman–Crippen MR) is 106 cm³/mol. The molecule has 27 heavy (non-hydrogen) atoms. The second-order valence-corrected chi connectivity index (χ2v) is 6.01. The van der Waals surface area contributed by atoms with Gasteiger partial charge >= 0.3 is 0 Å². The van der Waals surface area contributed by atoms with Crippen LogP contribution in [0.2, 0.25) is 5.02 Å². The van der Waals surface area contributed by atoms with Gasteiger partial charge in [-0.1, -0.05) is 23.7 Å². The highest BCUT2D eigenvalue weighted by Gasteiger charge is 2.06. The second-order valence-electron chi connectivity index (χ2n) is 5.60. The van der Waals surface area contributed by atoms with Crippen LogP contribution in [0.3, 0.4) is 0 Å². The fraction of sp³-hybridized carbons (Fsp3) is 0.143. The van der Waals surface area contributed by atoms with E-state index in [2.05, 4.69) is 4.98 Å². The topological polar surface area (TPSA) is 64.4 Å². The number of ether oxygens (including phenoxy) is 3. The SMILES string of the molecule is COc1ccc2nc(/C=C/c3ccc(OCC#N)c(OC)c3)cc(Cl)c2c1. The van der Waals surface area contributed by atoms with Crippen LogP contribution in [0.1, 0.15) is 11.3 Å². The smallest absolute Gasteiger partial charge is 0.174 e. The maximum Gasteiger partial charge on any atom is 0.174 e. The Morgan fingerprint density at radius 3 is 2.63 bits per heavy atom. The summed E-state index contributed by atoms with van der Waals surface area (Å²) in [7, 11) is 3.17. The molecular formula is C21H17ClN2O3. The van der Waals surface area contributed by atoms with Gasteiger partial charge in [-0.25, -0.2) is 4.98 Å². The molecular weight excluding hydrogens is 364 g/mol. The third-order valence-electron chi connectivity index (χ3n) is 3.91. The molecule has 0 amide bonds. The summed E-state index contributed by atoms with van der Waals surface area (Å²) >= 11 is 6.40. The first-order chi connectivity index (χ1) is 13.1. The summed E-state index contributed by atoms with van der Waals surface area (Å²) in [5, 5.41) is 10.1. The summed E-state index contributed by atoms with van der Waals surface area (Å²) in [6, 6.07) is 14.8. The van der Waals surface area contributed by atoms with E-state index >= 15 is 0 Å². The van der Waals surface area contributed by atoms with Crippen molar-refractivity contribution < 1.29 is 14.2 Å². The van der Waals surface area contributed by atoms with E-state index in [4.69, 9.17) is 31.1 Å². The van der Waals surface area contributed by atoms with Crippen LogP contribution in [-0.4, -0.2) is 25.8 Å². The summed E-state index contributed by atoms with van der Waals surface area (Å²) in [5.74, 6) is 1.82. The minimum absolute atomic E-state index is 0.0319. The summed E-state index contributed by atoms with van der Waals surface area (Å²) < 4.78 is 15.9. The Morgan fingerprint density at radius 2 is 1.89 bits per heavy atom. The van der Waals surface area contributed by atoms with Crippen molar-refractivity contribution in [2.45, 2.75) is 0 Å². The van der Waals surface area contributed by atoms with Crippen molar-refractivity contribution in [3.05, 3.63) is 58.7 Å². The minimum Gasteiger partial charge on any atom is -0.497 e. The Kier molecular flexibility index (Phi) is 5.80. The normalized spacial score (nSPS) is 10.7. The van der Waals surface area contributed by atoms with Crippen molar-refractivity contribution in [1.82, 2.24) is 4.98 Å². The van der Waals surface area contributed by atoms with Gasteiger partial charge in [0.25, 0.3) is 0 Å². The van der Waals surface area contributed by atoms with Gasteiger partial charge in [-0.05, 0) is 48.0 Å². The lowest BCUT2D eigenvalue weighted by molar-refractivity contribution is 0.329. The number of pyridine rings is 1. The number of aromatic nitrogens is 1. The van der Waals surface area contributed by atoms with Gasteiger partial charge in [-0.15, -0.1) is 0 Å². The van der Waals surface area contributed by atoms with Crippen LogP contribution in [0.25, 0.3) is 23.1 Å². The van der Waals surface area contributed by atoms with E-state index < -0.39 is 0 Å². The number of nitriles is 1. The molecule has 2 aromatic carbocycles. The van der Waals surface area contributed by atoms with Crippen LogP contribution < -0.4 is 14.2 Å². The molecule has 0 aliphatic carbocycles. The lowest BCUT2D eigenvalue weighted by Crippen LogP contribution is -1.96. The largest absolute Gasteiger partial charge is 0.497 e. The molecule has 5 nitrogen and oxygen atoms in total. The van der Waals surface area contributed by atoms with Crippen LogP contribution in [0.15, 0.2) is 42.5 Å². The van der Waals surface area contributed by atoms with Crippen LogP contribution in [0.4, 0.5) is 0 Å². The van der Waals surface area contributed by atoms with Crippen molar-refractivity contribution in [3.63, 3.8) is 0 Å². The zero-order valence-electron chi connectivity index (χ0n) is 14.9.